The standard InChI is InChI=1S/C16H20N6O2S/c1-5-10-17-15-12(2)11-18-16(20-15)19-13-6-8-14(9-7-13)21-25(23,24)22(3)4/h1,6-9,11,21H,10H2,2-4H3,(H2,17,18,19,20). The lowest BCUT2D eigenvalue weighted by molar-refractivity contribution is 0.527. The number of aromatic nitrogens is 2. The van der Waals surface area contributed by atoms with Crippen LogP contribution in [0.4, 0.5) is 23.1 Å². The van der Waals surface area contributed by atoms with Gasteiger partial charge in [0, 0.05) is 37.2 Å². The molecule has 1 aromatic heterocycles. The Morgan fingerprint density at radius 3 is 2.44 bits per heavy atom. The Morgan fingerprint density at radius 2 is 1.84 bits per heavy atom. The molecule has 9 heteroatoms. The van der Waals surface area contributed by atoms with Crippen molar-refractivity contribution < 1.29 is 8.42 Å². The zero-order chi connectivity index (χ0) is 18.4. The molecular weight excluding hydrogens is 340 g/mol. The second-order valence-corrected chi connectivity index (χ2v) is 7.26. The van der Waals surface area contributed by atoms with Gasteiger partial charge in [0.1, 0.15) is 5.82 Å². The summed E-state index contributed by atoms with van der Waals surface area (Å²) >= 11 is 0. The molecule has 1 aromatic carbocycles. The molecule has 0 fully saturated rings. The predicted octanol–water partition coefficient (Wildman–Crippen LogP) is 1.79. The number of terminal acetylenes is 1. The van der Waals surface area contributed by atoms with Gasteiger partial charge in [-0.05, 0) is 31.2 Å². The minimum absolute atomic E-state index is 0.373. The van der Waals surface area contributed by atoms with Crippen LogP contribution in [0.15, 0.2) is 30.5 Å². The van der Waals surface area contributed by atoms with Crippen LogP contribution in [0.25, 0.3) is 0 Å². The van der Waals surface area contributed by atoms with E-state index in [9.17, 15) is 8.42 Å². The summed E-state index contributed by atoms with van der Waals surface area (Å²) in [5, 5.41) is 6.08. The number of anilines is 4. The maximum absolute atomic E-state index is 11.8. The van der Waals surface area contributed by atoms with Gasteiger partial charge >= 0.3 is 10.2 Å². The van der Waals surface area contributed by atoms with E-state index in [4.69, 9.17) is 6.42 Å². The summed E-state index contributed by atoms with van der Waals surface area (Å²) in [6, 6.07) is 6.75. The highest BCUT2D eigenvalue weighted by Crippen LogP contribution is 2.19. The van der Waals surface area contributed by atoms with Crippen molar-refractivity contribution >= 4 is 33.4 Å². The van der Waals surface area contributed by atoms with E-state index in [1.165, 1.54) is 14.1 Å². The number of benzene rings is 1. The van der Waals surface area contributed by atoms with Gasteiger partial charge in [0.05, 0.1) is 6.54 Å². The molecule has 3 N–H and O–H groups in total. The predicted molar refractivity (Wildman–Crippen MR) is 100 cm³/mol. The summed E-state index contributed by atoms with van der Waals surface area (Å²) in [6.45, 7) is 2.26. The molecule has 2 rings (SSSR count). The molecular formula is C16H20N6O2S. The molecule has 0 aliphatic rings. The largest absolute Gasteiger partial charge is 0.359 e. The molecule has 25 heavy (non-hydrogen) atoms. The van der Waals surface area contributed by atoms with Gasteiger partial charge in [0.2, 0.25) is 5.95 Å². The highest BCUT2D eigenvalue weighted by molar-refractivity contribution is 7.90. The molecule has 0 saturated carbocycles. The van der Waals surface area contributed by atoms with E-state index in [1.54, 1.807) is 30.5 Å². The zero-order valence-electron chi connectivity index (χ0n) is 14.2. The SMILES string of the molecule is C#CCNc1nc(Nc2ccc(NS(=O)(=O)N(C)C)cc2)ncc1C. The smallest absolute Gasteiger partial charge is 0.301 e. The second kappa shape index (κ2) is 7.83. The molecule has 8 nitrogen and oxygen atoms in total. The highest BCUT2D eigenvalue weighted by Gasteiger charge is 2.12. The van der Waals surface area contributed by atoms with Crippen molar-refractivity contribution in [3.05, 3.63) is 36.0 Å². The minimum atomic E-state index is -3.53. The molecule has 0 unspecified atom stereocenters. The monoisotopic (exact) mass is 360 g/mol. The van der Waals surface area contributed by atoms with E-state index in [1.807, 2.05) is 6.92 Å². The number of nitrogens with one attached hydrogen (secondary N) is 3. The van der Waals surface area contributed by atoms with Crippen LogP contribution in [-0.2, 0) is 10.2 Å². The number of hydrogen-bond acceptors (Lipinski definition) is 6. The molecule has 0 radical (unpaired) electrons. The molecule has 0 amide bonds. The third kappa shape index (κ3) is 5.07. The second-order valence-electron chi connectivity index (χ2n) is 5.37. The Kier molecular flexibility index (Phi) is 5.80. The third-order valence-electron chi connectivity index (χ3n) is 3.20. The lowest BCUT2D eigenvalue weighted by Crippen LogP contribution is -2.28. The summed E-state index contributed by atoms with van der Waals surface area (Å²) in [5.41, 5.74) is 2.06. The van der Waals surface area contributed by atoms with Crippen LogP contribution in [0.5, 0.6) is 0 Å². The van der Waals surface area contributed by atoms with Crippen molar-refractivity contribution in [2.45, 2.75) is 6.92 Å². The molecule has 0 aliphatic heterocycles. The van der Waals surface area contributed by atoms with Crippen LogP contribution in [-0.4, -0.2) is 43.3 Å². The Hall–Kier alpha value is -2.83. The van der Waals surface area contributed by atoms with Crippen molar-refractivity contribution in [2.24, 2.45) is 0 Å². The lowest BCUT2D eigenvalue weighted by atomic mass is 10.3. The summed E-state index contributed by atoms with van der Waals surface area (Å²) in [6.07, 6.45) is 6.93. The Balaban J connectivity index is 2.10. The van der Waals surface area contributed by atoms with Gasteiger partial charge in [0.25, 0.3) is 0 Å². The molecule has 0 bridgehead atoms. The van der Waals surface area contributed by atoms with Crippen molar-refractivity contribution in [1.29, 1.82) is 0 Å². The Morgan fingerprint density at radius 1 is 1.20 bits per heavy atom. The van der Waals surface area contributed by atoms with Gasteiger partial charge < -0.3 is 10.6 Å². The van der Waals surface area contributed by atoms with Gasteiger partial charge in [-0.2, -0.15) is 17.7 Å². The maximum atomic E-state index is 11.8. The van der Waals surface area contributed by atoms with Gasteiger partial charge in [0.15, 0.2) is 0 Å². The lowest BCUT2D eigenvalue weighted by Gasteiger charge is -2.14. The number of rotatable bonds is 7. The molecule has 1 heterocycles. The van der Waals surface area contributed by atoms with Crippen LogP contribution < -0.4 is 15.4 Å². The topological polar surface area (TPSA) is 99.2 Å². The van der Waals surface area contributed by atoms with Crippen molar-refractivity contribution in [3.63, 3.8) is 0 Å². The van der Waals surface area contributed by atoms with Gasteiger partial charge in [-0.15, -0.1) is 6.42 Å². The summed E-state index contributed by atoms with van der Waals surface area (Å²) < 4.78 is 27.1. The number of aryl methyl sites for hydroxylation is 1. The van der Waals surface area contributed by atoms with E-state index in [0.29, 0.717) is 24.0 Å². The van der Waals surface area contributed by atoms with Crippen LogP contribution in [0.3, 0.4) is 0 Å². The highest BCUT2D eigenvalue weighted by atomic mass is 32.2. The molecule has 2 aromatic rings. The molecule has 0 aliphatic carbocycles. The third-order valence-corrected chi connectivity index (χ3v) is 4.65. The molecule has 132 valence electrons. The normalized spacial score (nSPS) is 11.0. The van der Waals surface area contributed by atoms with Crippen molar-refractivity contribution in [1.82, 2.24) is 14.3 Å². The zero-order valence-corrected chi connectivity index (χ0v) is 15.1. The van der Waals surface area contributed by atoms with Crippen LogP contribution in [0.2, 0.25) is 0 Å². The molecule has 0 atom stereocenters. The first kappa shape index (κ1) is 18.5. The fraction of sp³-hybridized carbons (Fsp3) is 0.250. The fourth-order valence-electron chi connectivity index (χ4n) is 1.81. The van der Waals surface area contributed by atoms with Gasteiger partial charge in [-0.3, -0.25) is 4.72 Å². The first-order valence-electron chi connectivity index (χ1n) is 7.40. The average Bonchev–Trinajstić information content (AvgIpc) is 2.56. The van der Waals surface area contributed by atoms with Crippen LogP contribution >= 0.6 is 0 Å². The Labute approximate surface area is 147 Å². The van der Waals surface area contributed by atoms with Gasteiger partial charge in [-0.1, -0.05) is 5.92 Å². The molecule has 0 spiro atoms. The van der Waals surface area contributed by atoms with E-state index in [0.717, 1.165) is 15.6 Å². The van der Waals surface area contributed by atoms with E-state index in [-0.39, 0.29) is 0 Å². The molecule has 0 saturated heterocycles. The van der Waals surface area contributed by atoms with E-state index < -0.39 is 10.2 Å². The van der Waals surface area contributed by atoms with E-state index in [2.05, 4.69) is 31.2 Å². The van der Waals surface area contributed by atoms with Crippen molar-refractivity contribution in [2.75, 3.05) is 36.0 Å². The van der Waals surface area contributed by atoms with Crippen LogP contribution in [0.1, 0.15) is 5.56 Å². The van der Waals surface area contributed by atoms with Crippen LogP contribution in [0, 0.1) is 19.3 Å². The maximum Gasteiger partial charge on any atom is 0.301 e. The number of nitrogens with zero attached hydrogens (tertiary/aromatic N) is 3. The Bertz CT molecular complexity index is 872. The van der Waals surface area contributed by atoms with E-state index >= 15 is 0 Å². The first-order chi connectivity index (χ1) is 11.8. The first-order valence-corrected chi connectivity index (χ1v) is 8.84. The average molecular weight is 360 g/mol. The van der Waals surface area contributed by atoms with Gasteiger partial charge in [-0.25, -0.2) is 4.98 Å². The minimum Gasteiger partial charge on any atom is -0.359 e. The fourth-order valence-corrected chi connectivity index (χ4v) is 2.42. The number of hydrogen-bond donors (Lipinski definition) is 3. The summed E-state index contributed by atoms with van der Waals surface area (Å²) in [7, 11) is -0.614. The quantitative estimate of drug-likeness (QED) is 0.651. The summed E-state index contributed by atoms with van der Waals surface area (Å²) in [4.78, 5) is 8.58. The van der Waals surface area contributed by atoms with Crippen molar-refractivity contribution in [3.8, 4) is 12.3 Å². The summed E-state index contributed by atoms with van der Waals surface area (Å²) in [5.74, 6) is 3.56.